The Morgan fingerprint density at radius 2 is 0.482 bits per heavy atom. The van der Waals surface area contributed by atoms with Crippen LogP contribution in [0, 0.1) is 94.7 Å². The summed E-state index contributed by atoms with van der Waals surface area (Å²) in [6.07, 6.45) is 46.9. The number of rotatable bonds is 90. The smallest absolute Gasteiger partial charge is 0.302 e. The van der Waals surface area contributed by atoms with E-state index in [2.05, 4.69) is 184 Å². The van der Waals surface area contributed by atoms with E-state index in [0.29, 0.717) is 117 Å². The van der Waals surface area contributed by atoms with E-state index in [1.807, 2.05) is 42.5 Å². The van der Waals surface area contributed by atoms with Gasteiger partial charge in [0.15, 0.2) is 9.84 Å². The van der Waals surface area contributed by atoms with Crippen molar-refractivity contribution in [3.05, 3.63) is 162 Å². The fourth-order valence-electron chi connectivity index (χ4n) is 20.3. The fourth-order valence-corrected chi connectivity index (χ4v) is 22.6. The highest BCUT2D eigenvalue weighted by atomic mass is 32.2. The number of hydrogen-bond acceptors (Lipinski definition) is 14. The highest BCUT2D eigenvalue weighted by Gasteiger charge is 2.43. The second kappa shape index (κ2) is 77.3. The van der Waals surface area contributed by atoms with Crippen molar-refractivity contribution < 1.29 is 65.3 Å². The number of hydrogen-bond donors (Lipinski definition) is 0. The molecule has 794 valence electrons. The van der Waals surface area contributed by atoms with Crippen LogP contribution in [0.2, 0.25) is 0 Å². The van der Waals surface area contributed by atoms with Gasteiger partial charge in [-0.3, -0.25) is 4.79 Å². The second-order valence-electron chi connectivity index (χ2n) is 45.0. The zero-order valence-electron chi connectivity index (χ0n) is 92.1. The van der Waals surface area contributed by atoms with Crippen molar-refractivity contribution in [2.45, 2.75) is 429 Å². The standard InChI is InChI=1S/C124H208O14S/c1-97(49-33-55-105(9)79-83-130-93-120(95-134-89-114-65-23-20-24-66-114)136-85-81-107(11)57-35-51-99(3)41-29-45-101(5)53-37-61-109(13)87-132-91-116-71-75-118(128-18)76-72-116)43-31-47-103(7)59-39-63-111(15)123(138-113(17)125)124(139(126,127)122-69-27-22-28-70-122)112(16)64-40-60-104(8)48-32-44-98(2)50-34-56-106(10)80-84-131-94-121(96-135-90-115-67-25-21-26-68-115)137-86-82-108(12)58-36-52-100(4)42-30-46-102(6)54-38-62-110(14)88-133-92-117-73-77-119(129-19)78-74-117/h20-28,65-78,97-112,120-121,123-124H,29-64,79-96H2,1-19H3/t97-,98-,99-,100-,101+,102+,103+,104+,105-,106-,107-,108-,109+,110+,111+,112+,120+,121+,123?,124?/m1/s1. The summed E-state index contributed by atoms with van der Waals surface area (Å²) in [5, 5.41) is -0.835. The van der Waals surface area contributed by atoms with Gasteiger partial charge in [-0.25, -0.2) is 8.42 Å². The van der Waals surface area contributed by atoms with E-state index in [1.54, 1.807) is 38.5 Å². The maximum atomic E-state index is 14.9. The molecule has 0 aromatic heterocycles. The van der Waals surface area contributed by atoms with Crippen molar-refractivity contribution in [2.75, 3.05) is 80.3 Å². The molecule has 0 saturated heterocycles. The largest absolute Gasteiger partial charge is 0.497 e. The Bertz CT molecular complexity index is 3790. The van der Waals surface area contributed by atoms with Gasteiger partial charge < -0.3 is 52.1 Å². The molecule has 0 N–H and O–H groups in total. The SMILES string of the molecule is COc1ccc(COC[C@@H](C)CCC[C@@H](C)CCC[C@@H](C)CCC[C@@H](C)CCO[C@@H](COCC[C@H](C)CCC[C@H](C)CCC[C@H](C)CCC[C@H](C)C(OC(C)=O)C([C@@H](C)CCC[C@@H](C)CCC[C@@H](C)CCC[C@@H](C)CCOC[C@@H](COCc2ccccc2)OCC[C@H](C)CCC[C@H](C)CCC[C@H](C)CCC[C@H](C)COCc2ccc(OC)cc2)S(=O)(=O)c2ccccc2)COCc2ccccc2)cc1. The maximum absolute atomic E-state index is 14.9. The molecule has 0 aliphatic heterocycles. The molecule has 139 heavy (non-hydrogen) atoms. The van der Waals surface area contributed by atoms with Crippen LogP contribution in [-0.4, -0.2) is 118 Å². The molecule has 20 atom stereocenters. The van der Waals surface area contributed by atoms with E-state index in [1.165, 1.54) is 222 Å². The lowest BCUT2D eigenvalue weighted by atomic mass is 9.86. The first-order valence-electron chi connectivity index (χ1n) is 56.6. The molecule has 5 aromatic carbocycles. The van der Waals surface area contributed by atoms with E-state index in [0.717, 1.165) is 139 Å². The molecular formula is C124H208O14S. The molecule has 0 radical (unpaired) electrons. The highest BCUT2D eigenvalue weighted by molar-refractivity contribution is 7.92. The van der Waals surface area contributed by atoms with Crippen LogP contribution in [0.1, 0.15) is 397 Å². The van der Waals surface area contributed by atoms with Crippen molar-refractivity contribution in [3.8, 4) is 11.5 Å². The van der Waals surface area contributed by atoms with E-state index in [9.17, 15) is 13.2 Å². The molecule has 0 aliphatic carbocycles. The number of esters is 1. The molecule has 2 unspecified atom stereocenters. The third-order valence-electron chi connectivity index (χ3n) is 30.4. The van der Waals surface area contributed by atoms with Crippen LogP contribution in [0.3, 0.4) is 0 Å². The zero-order valence-corrected chi connectivity index (χ0v) is 93.0. The second-order valence-corrected chi connectivity index (χ2v) is 47.1. The highest BCUT2D eigenvalue weighted by Crippen LogP contribution is 2.37. The maximum Gasteiger partial charge on any atom is 0.302 e. The van der Waals surface area contributed by atoms with Crippen molar-refractivity contribution in [1.29, 1.82) is 0 Å². The van der Waals surface area contributed by atoms with Crippen LogP contribution >= 0.6 is 0 Å². The lowest BCUT2D eigenvalue weighted by Gasteiger charge is -2.35. The Hall–Kier alpha value is -5.20. The monoisotopic (exact) mass is 1950 g/mol. The lowest BCUT2D eigenvalue weighted by molar-refractivity contribution is -0.149. The van der Waals surface area contributed by atoms with E-state index in [4.69, 9.17) is 52.1 Å². The first kappa shape index (κ1) is 124. The van der Waals surface area contributed by atoms with Crippen LogP contribution in [0.15, 0.2) is 144 Å². The lowest BCUT2D eigenvalue weighted by Crippen LogP contribution is -2.45. The summed E-state index contributed by atoms with van der Waals surface area (Å²) >= 11 is 0. The van der Waals surface area contributed by atoms with Crippen LogP contribution in [0.4, 0.5) is 0 Å². The summed E-state index contributed by atoms with van der Waals surface area (Å²) < 4.78 is 97.0. The van der Waals surface area contributed by atoms with Gasteiger partial charge in [0.25, 0.3) is 0 Å². The molecule has 0 saturated carbocycles. The van der Waals surface area contributed by atoms with Crippen LogP contribution < -0.4 is 9.47 Å². The van der Waals surface area contributed by atoms with Crippen LogP contribution in [0.25, 0.3) is 0 Å². The van der Waals surface area contributed by atoms with Gasteiger partial charge in [0.1, 0.15) is 35.1 Å². The molecule has 0 amide bonds. The molecule has 5 rings (SSSR count). The molecular weight excluding hydrogens is 1750 g/mol. The minimum Gasteiger partial charge on any atom is -0.497 e. The third-order valence-corrected chi connectivity index (χ3v) is 32.7. The number of carbonyl (C=O) groups is 1. The normalized spacial score (nSPS) is 16.5. The summed E-state index contributed by atoms with van der Waals surface area (Å²) in [7, 11) is -0.435. The molecule has 14 nitrogen and oxygen atoms in total. The number of benzene rings is 5. The quantitative estimate of drug-likeness (QED) is 0.0268. The zero-order chi connectivity index (χ0) is 101. The summed E-state index contributed by atoms with van der Waals surface area (Å²) in [6, 6.07) is 46.1. The summed E-state index contributed by atoms with van der Waals surface area (Å²) in [6.45, 7) is 48.4. The van der Waals surface area contributed by atoms with Crippen molar-refractivity contribution in [1.82, 2.24) is 0 Å². The van der Waals surface area contributed by atoms with E-state index in [-0.39, 0.29) is 24.0 Å². The molecule has 0 spiro atoms. The van der Waals surface area contributed by atoms with Crippen molar-refractivity contribution in [2.24, 2.45) is 94.7 Å². The van der Waals surface area contributed by atoms with Crippen molar-refractivity contribution >= 4 is 15.8 Å². The fraction of sp³-hybridized carbons (Fsp3) is 0.750. The first-order valence-corrected chi connectivity index (χ1v) is 58.1. The average molecular weight is 1960 g/mol. The van der Waals surface area contributed by atoms with Gasteiger partial charge in [0.2, 0.25) is 0 Å². The number of carbonyl (C=O) groups excluding carboxylic acids is 1. The van der Waals surface area contributed by atoms with Crippen LogP contribution in [0.5, 0.6) is 11.5 Å². The molecule has 0 heterocycles. The topological polar surface area (TPSA) is 153 Å². The number of methoxy groups -OCH3 is 2. The Kier molecular flexibility index (Phi) is 69.1. The van der Waals surface area contributed by atoms with E-state index < -0.39 is 27.2 Å². The van der Waals surface area contributed by atoms with Gasteiger partial charge in [-0.1, -0.05) is 419 Å². The minimum absolute atomic E-state index is 0.0864. The molecule has 0 bridgehead atoms. The summed E-state index contributed by atoms with van der Waals surface area (Å²) in [5.41, 5.74) is 4.73. The summed E-state index contributed by atoms with van der Waals surface area (Å²) in [5.74, 6) is 10.2. The summed E-state index contributed by atoms with van der Waals surface area (Å²) in [4.78, 5) is 13.3. The van der Waals surface area contributed by atoms with Gasteiger partial charge in [0, 0.05) is 46.6 Å². The number of sulfone groups is 1. The van der Waals surface area contributed by atoms with Gasteiger partial charge in [0.05, 0.1) is 72.0 Å². The third kappa shape index (κ3) is 61.1. The average Bonchev–Trinajstić information content (AvgIpc) is 0.778. The Balaban J connectivity index is 0.907. The number of ether oxygens (including phenoxy) is 11. The van der Waals surface area contributed by atoms with E-state index >= 15 is 0 Å². The predicted molar refractivity (Wildman–Crippen MR) is 583 cm³/mol. The first-order chi connectivity index (χ1) is 67.1. The molecule has 0 fully saturated rings. The van der Waals surface area contributed by atoms with Gasteiger partial charge >= 0.3 is 5.97 Å². The molecule has 15 heteroatoms. The van der Waals surface area contributed by atoms with Gasteiger partial charge in [-0.2, -0.15) is 0 Å². The predicted octanol–water partition coefficient (Wildman–Crippen LogP) is 33.2. The molecule has 5 aromatic rings. The van der Waals surface area contributed by atoms with Crippen LogP contribution in [-0.2, 0) is 83.7 Å². The van der Waals surface area contributed by atoms with Gasteiger partial charge in [-0.15, -0.1) is 0 Å². The minimum atomic E-state index is -3.84. The Labute approximate surface area is 853 Å². The Morgan fingerprint density at radius 1 is 0.252 bits per heavy atom. The molecule has 0 aliphatic rings. The van der Waals surface area contributed by atoms with Gasteiger partial charge in [-0.05, 0) is 205 Å². The van der Waals surface area contributed by atoms with Crippen molar-refractivity contribution in [3.63, 3.8) is 0 Å². The Morgan fingerprint density at radius 3 is 0.763 bits per heavy atom.